The molecule has 5 heteroatoms. The number of rotatable bonds is 3. The Morgan fingerprint density at radius 3 is 2.26 bits per heavy atom. The quantitative estimate of drug-likeness (QED) is 0.886. The third-order valence-electron chi connectivity index (χ3n) is 3.67. The Morgan fingerprint density at radius 2 is 1.79 bits per heavy atom. The van der Waals surface area contributed by atoms with Crippen molar-refractivity contribution in [3.05, 3.63) is 35.6 Å². The van der Waals surface area contributed by atoms with Gasteiger partial charge in [-0.05, 0) is 31.5 Å². The normalized spacial score (nSPS) is 16.1. The summed E-state index contributed by atoms with van der Waals surface area (Å²) in [5.41, 5.74) is 5.19. The fourth-order valence-corrected chi connectivity index (χ4v) is 2.21. The molecule has 2 N–H and O–H groups in total. The van der Waals surface area contributed by atoms with E-state index in [1.165, 1.54) is 12.1 Å². The Morgan fingerprint density at radius 1 is 1.26 bits per heavy atom. The van der Waals surface area contributed by atoms with Crippen LogP contribution >= 0.6 is 0 Å². The molecule has 1 aromatic carbocycles. The van der Waals surface area contributed by atoms with Gasteiger partial charge in [0, 0.05) is 13.1 Å². The van der Waals surface area contributed by atoms with Crippen LogP contribution in [0, 0.1) is 11.7 Å². The Hall–Kier alpha value is -1.91. The molecule has 0 radical (unpaired) electrons. The maximum atomic E-state index is 12.9. The second-order valence-corrected chi connectivity index (χ2v) is 5.44. The summed E-state index contributed by atoms with van der Waals surface area (Å²) in [6.45, 7) is 4.33. The zero-order valence-corrected chi connectivity index (χ0v) is 11.0. The van der Waals surface area contributed by atoms with E-state index in [0.717, 1.165) is 5.56 Å². The summed E-state index contributed by atoms with van der Waals surface area (Å²) in [4.78, 5) is 24.9. The first-order valence-corrected chi connectivity index (χ1v) is 6.17. The molecule has 0 atom stereocenters. The summed E-state index contributed by atoms with van der Waals surface area (Å²) in [5, 5.41) is 0. The molecule has 2 amide bonds. The highest BCUT2D eigenvalue weighted by atomic mass is 19.1. The van der Waals surface area contributed by atoms with Gasteiger partial charge in [0.15, 0.2) is 0 Å². The van der Waals surface area contributed by atoms with Gasteiger partial charge >= 0.3 is 0 Å². The minimum Gasteiger partial charge on any atom is -0.369 e. The summed E-state index contributed by atoms with van der Waals surface area (Å²) in [6, 6.07) is 5.90. The zero-order valence-electron chi connectivity index (χ0n) is 11.0. The number of benzene rings is 1. The maximum absolute atomic E-state index is 12.9. The van der Waals surface area contributed by atoms with Gasteiger partial charge in [0.05, 0.1) is 11.3 Å². The first kappa shape index (κ1) is 13.5. The zero-order chi connectivity index (χ0) is 14.2. The number of amides is 2. The number of nitrogens with two attached hydrogens (primary N) is 1. The van der Waals surface area contributed by atoms with Crippen LogP contribution in [0.1, 0.15) is 19.4 Å². The van der Waals surface area contributed by atoms with Crippen molar-refractivity contribution in [1.82, 2.24) is 4.90 Å². The third kappa shape index (κ3) is 2.45. The van der Waals surface area contributed by atoms with Crippen molar-refractivity contribution in [2.24, 2.45) is 11.7 Å². The smallest absolute Gasteiger partial charge is 0.232 e. The number of hydrogen-bond donors (Lipinski definition) is 1. The maximum Gasteiger partial charge on any atom is 0.232 e. The predicted octanol–water partition coefficient (Wildman–Crippen LogP) is 1.05. The molecule has 1 aliphatic rings. The van der Waals surface area contributed by atoms with Gasteiger partial charge in [-0.3, -0.25) is 9.59 Å². The topological polar surface area (TPSA) is 63.4 Å². The van der Waals surface area contributed by atoms with E-state index in [0.29, 0.717) is 13.1 Å². The van der Waals surface area contributed by atoms with Gasteiger partial charge < -0.3 is 10.6 Å². The molecule has 19 heavy (non-hydrogen) atoms. The third-order valence-corrected chi connectivity index (χ3v) is 3.67. The summed E-state index contributed by atoms with van der Waals surface area (Å²) < 4.78 is 12.9. The van der Waals surface area contributed by atoms with Crippen molar-refractivity contribution in [1.29, 1.82) is 0 Å². The summed E-state index contributed by atoms with van der Waals surface area (Å²) in [5.74, 6) is -1.02. The van der Waals surface area contributed by atoms with Crippen molar-refractivity contribution in [3.8, 4) is 0 Å². The number of nitrogens with zero attached hydrogens (tertiary/aromatic N) is 1. The lowest BCUT2D eigenvalue weighted by atomic mass is 9.81. The predicted molar refractivity (Wildman–Crippen MR) is 68.7 cm³/mol. The molecule has 102 valence electrons. The van der Waals surface area contributed by atoms with E-state index < -0.39 is 5.41 Å². The highest BCUT2D eigenvalue weighted by Crippen LogP contribution is 2.29. The Kier molecular flexibility index (Phi) is 3.30. The molecule has 1 saturated heterocycles. The van der Waals surface area contributed by atoms with E-state index in [-0.39, 0.29) is 23.5 Å². The van der Waals surface area contributed by atoms with Crippen LogP contribution in [-0.4, -0.2) is 29.8 Å². The van der Waals surface area contributed by atoms with E-state index >= 15 is 0 Å². The Labute approximate surface area is 111 Å². The van der Waals surface area contributed by atoms with Crippen LogP contribution in [0.25, 0.3) is 0 Å². The molecular formula is C14H17FN2O2. The number of likely N-dealkylation sites (tertiary alicyclic amines) is 1. The SMILES string of the molecule is CC(C)(C(=O)N1CC(C(N)=O)C1)c1ccc(F)cc1. The Bertz CT molecular complexity index is 505. The summed E-state index contributed by atoms with van der Waals surface area (Å²) in [7, 11) is 0. The van der Waals surface area contributed by atoms with Crippen LogP contribution in [0.5, 0.6) is 0 Å². The molecule has 1 aromatic rings. The van der Waals surface area contributed by atoms with Crippen molar-refractivity contribution in [3.63, 3.8) is 0 Å². The van der Waals surface area contributed by atoms with Crippen LogP contribution < -0.4 is 5.73 Å². The molecule has 2 rings (SSSR count). The van der Waals surface area contributed by atoms with Crippen molar-refractivity contribution >= 4 is 11.8 Å². The first-order valence-electron chi connectivity index (χ1n) is 6.17. The van der Waals surface area contributed by atoms with Crippen molar-refractivity contribution in [2.45, 2.75) is 19.3 Å². The standard InChI is InChI=1S/C14H17FN2O2/c1-14(2,10-3-5-11(15)6-4-10)13(19)17-7-9(8-17)12(16)18/h3-6,9H,7-8H2,1-2H3,(H2,16,18). The van der Waals surface area contributed by atoms with Gasteiger partial charge in [-0.1, -0.05) is 12.1 Å². The van der Waals surface area contributed by atoms with E-state index in [1.54, 1.807) is 30.9 Å². The lowest BCUT2D eigenvalue weighted by Gasteiger charge is -2.41. The van der Waals surface area contributed by atoms with Gasteiger partial charge in [-0.15, -0.1) is 0 Å². The van der Waals surface area contributed by atoms with Crippen LogP contribution in [0.2, 0.25) is 0 Å². The van der Waals surface area contributed by atoms with Crippen LogP contribution in [0.3, 0.4) is 0 Å². The molecule has 0 unspecified atom stereocenters. The van der Waals surface area contributed by atoms with E-state index in [2.05, 4.69) is 0 Å². The average molecular weight is 264 g/mol. The van der Waals surface area contributed by atoms with Crippen LogP contribution in [0.4, 0.5) is 4.39 Å². The summed E-state index contributed by atoms with van der Waals surface area (Å²) >= 11 is 0. The molecular weight excluding hydrogens is 247 g/mol. The largest absolute Gasteiger partial charge is 0.369 e. The Balaban J connectivity index is 2.10. The van der Waals surface area contributed by atoms with E-state index in [1.807, 2.05) is 0 Å². The molecule has 0 aliphatic carbocycles. The molecule has 0 bridgehead atoms. The number of primary amides is 1. The minimum absolute atomic E-state index is 0.0726. The number of hydrogen-bond acceptors (Lipinski definition) is 2. The fraction of sp³-hybridized carbons (Fsp3) is 0.429. The van der Waals surface area contributed by atoms with Gasteiger partial charge in [0.2, 0.25) is 11.8 Å². The molecule has 0 saturated carbocycles. The molecule has 0 spiro atoms. The highest BCUT2D eigenvalue weighted by molar-refractivity contribution is 5.90. The van der Waals surface area contributed by atoms with E-state index in [9.17, 15) is 14.0 Å². The van der Waals surface area contributed by atoms with Crippen LogP contribution in [-0.2, 0) is 15.0 Å². The number of carbonyl (C=O) groups is 2. The molecule has 1 aliphatic heterocycles. The second kappa shape index (κ2) is 4.64. The highest BCUT2D eigenvalue weighted by Gasteiger charge is 2.41. The minimum atomic E-state index is -0.740. The first-order chi connectivity index (χ1) is 8.82. The summed E-state index contributed by atoms with van der Waals surface area (Å²) in [6.07, 6.45) is 0. The molecule has 4 nitrogen and oxygen atoms in total. The number of carbonyl (C=O) groups excluding carboxylic acids is 2. The molecule has 1 heterocycles. The van der Waals surface area contributed by atoms with Gasteiger partial charge in [-0.25, -0.2) is 4.39 Å². The van der Waals surface area contributed by atoms with Gasteiger partial charge in [0.25, 0.3) is 0 Å². The van der Waals surface area contributed by atoms with Crippen molar-refractivity contribution in [2.75, 3.05) is 13.1 Å². The second-order valence-electron chi connectivity index (χ2n) is 5.44. The lowest BCUT2D eigenvalue weighted by Crippen LogP contribution is -2.58. The van der Waals surface area contributed by atoms with Gasteiger partial charge in [-0.2, -0.15) is 0 Å². The fourth-order valence-electron chi connectivity index (χ4n) is 2.21. The lowest BCUT2D eigenvalue weighted by molar-refractivity contribution is -0.146. The van der Waals surface area contributed by atoms with Crippen molar-refractivity contribution < 1.29 is 14.0 Å². The average Bonchev–Trinajstić information content (AvgIpc) is 2.26. The van der Waals surface area contributed by atoms with Gasteiger partial charge in [0.1, 0.15) is 5.82 Å². The molecule has 1 fully saturated rings. The number of halogens is 1. The monoisotopic (exact) mass is 264 g/mol. The molecule has 0 aromatic heterocycles. The van der Waals surface area contributed by atoms with Crippen LogP contribution in [0.15, 0.2) is 24.3 Å². The van der Waals surface area contributed by atoms with E-state index in [4.69, 9.17) is 5.73 Å².